The van der Waals surface area contributed by atoms with E-state index < -0.39 is 46.1 Å². The van der Waals surface area contributed by atoms with Crippen molar-refractivity contribution < 1.29 is 30.7 Å². The molecule has 0 aliphatic carbocycles. The molecule has 50 heavy (non-hydrogen) atoms. The first-order valence-electron chi connectivity index (χ1n) is 15.6. The quantitative estimate of drug-likeness (QED) is 0.117. The van der Waals surface area contributed by atoms with Gasteiger partial charge in [-0.15, -0.1) is 0 Å². The molecule has 0 N–H and O–H groups in total. The molecule has 7 aromatic rings. The van der Waals surface area contributed by atoms with Crippen molar-refractivity contribution in [2.24, 2.45) is 0 Å². The van der Waals surface area contributed by atoms with Crippen molar-refractivity contribution >= 4 is 0 Å². The topological polar surface area (TPSA) is 0 Å². The lowest BCUT2D eigenvalue weighted by Crippen LogP contribution is -2.32. The van der Waals surface area contributed by atoms with Crippen LogP contribution in [0.3, 0.4) is 0 Å². The molecule has 0 radical (unpaired) electrons. The van der Waals surface area contributed by atoms with Gasteiger partial charge in [-0.2, -0.15) is 0 Å². The lowest BCUT2D eigenvalue weighted by Gasteiger charge is -2.37. The van der Waals surface area contributed by atoms with E-state index in [1.54, 1.807) is 91.0 Å². The molecule has 0 heterocycles. The predicted octanol–water partition coefficient (Wildman–Crippen LogP) is 12.0. The van der Waals surface area contributed by atoms with E-state index in [0.717, 1.165) is 18.2 Å². The summed E-state index contributed by atoms with van der Waals surface area (Å²) >= 11 is 0. The number of halogens is 7. The van der Waals surface area contributed by atoms with E-state index in [2.05, 4.69) is 0 Å². The predicted molar refractivity (Wildman–Crippen MR) is 181 cm³/mol. The van der Waals surface area contributed by atoms with Gasteiger partial charge in [-0.1, -0.05) is 91.0 Å². The normalized spacial score (nSPS) is 11.5. The van der Waals surface area contributed by atoms with Gasteiger partial charge in [-0.05, 0) is 92.5 Å². The van der Waals surface area contributed by atoms with Crippen LogP contribution in [-0.4, -0.2) is 0 Å². The highest BCUT2D eigenvalue weighted by atomic mass is 19.2. The zero-order chi connectivity index (χ0) is 35.0. The van der Waals surface area contributed by atoms with Crippen molar-refractivity contribution in [1.29, 1.82) is 0 Å². The Labute approximate surface area is 283 Å². The molecule has 0 spiro atoms. The summed E-state index contributed by atoms with van der Waals surface area (Å²) in [5, 5.41) is 0. The Morgan fingerprint density at radius 1 is 0.280 bits per heavy atom. The zero-order valence-electron chi connectivity index (χ0n) is 26.1. The molecular formula is C43H25F7. The average Bonchev–Trinajstić information content (AvgIpc) is 3.09. The fourth-order valence-electron chi connectivity index (χ4n) is 6.63. The van der Waals surface area contributed by atoms with Crippen molar-refractivity contribution in [3.05, 3.63) is 215 Å². The number of hydrogen-bond donors (Lipinski definition) is 0. The van der Waals surface area contributed by atoms with E-state index in [0.29, 0.717) is 50.1 Å². The van der Waals surface area contributed by atoms with Gasteiger partial charge < -0.3 is 0 Å². The second-order valence-electron chi connectivity index (χ2n) is 11.9. The molecule has 7 aromatic carbocycles. The lowest BCUT2D eigenvalue weighted by molar-refractivity contribution is 0.580. The second-order valence-corrected chi connectivity index (χ2v) is 11.9. The van der Waals surface area contributed by atoms with Gasteiger partial charge in [0.15, 0.2) is 0 Å². The van der Waals surface area contributed by atoms with Crippen molar-refractivity contribution in [3.8, 4) is 33.4 Å². The molecule has 0 aliphatic rings. The Morgan fingerprint density at radius 3 is 0.840 bits per heavy atom. The largest absolute Gasteiger partial charge is 0.207 e. The van der Waals surface area contributed by atoms with Gasteiger partial charge >= 0.3 is 0 Å². The zero-order valence-corrected chi connectivity index (χ0v) is 26.1. The summed E-state index contributed by atoms with van der Waals surface area (Å²) in [5.41, 5.74) is 3.11. The van der Waals surface area contributed by atoms with E-state index in [9.17, 15) is 26.3 Å². The first kappa shape index (κ1) is 32.6. The Bertz CT molecular complexity index is 2040. The van der Waals surface area contributed by atoms with E-state index in [4.69, 9.17) is 0 Å². The van der Waals surface area contributed by atoms with E-state index in [1.807, 2.05) is 0 Å². The third kappa shape index (κ3) is 6.18. The highest BCUT2D eigenvalue weighted by Gasteiger charge is 2.40. The third-order valence-corrected chi connectivity index (χ3v) is 8.82. The Morgan fingerprint density at radius 2 is 0.560 bits per heavy atom. The Kier molecular flexibility index (Phi) is 8.58. The van der Waals surface area contributed by atoms with E-state index in [-0.39, 0.29) is 5.56 Å². The average molecular weight is 675 g/mol. The molecule has 0 amide bonds. The molecule has 7 rings (SSSR count). The summed E-state index contributed by atoms with van der Waals surface area (Å²) in [6.45, 7) is 0. The summed E-state index contributed by atoms with van der Waals surface area (Å²) < 4.78 is 101. The summed E-state index contributed by atoms with van der Waals surface area (Å²) in [4.78, 5) is 0. The number of hydrogen-bond acceptors (Lipinski definition) is 0. The van der Waals surface area contributed by atoms with Crippen LogP contribution in [0.2, 0.25) is 0 Å². The van der Waals surface area contributed by atoms with E-state index >= 15 is 4.39 Å². The number of benzene rings is 7. The molecule has 0 saturated heterocycles. The van der Waals surface area contributed by atoms with Gasteiger partial charge in [0.2, 0.25) is 0 Å². The summed E-state index contributed by atoms with van der Waals surface area (Å²) in [5.74, 6) is -4.94. The highest BCUT2D eigenvalue weighted by Crippen LogP contribution is 2.47. The van der Waals surface area contributed by atoms with Crippen molar-refractivity contribution in [1.82, 2.24) is 0 Å². The molecule has 0 fully saturated rings. The van der Waals surface area contributed by atoms with Crippen LogP contribution in [0.15, 0.2) is 152 Å². The van der Waals surface area contributed by atoms with Crippen molar-refractivity contribution in [3.63, 3.8) is 0 Å². The monoisotopic (exact) mass is 674 g/mol. The fraction of sp³-hybridized carbons (Fsp3) is 0.0233. The first-order valence-corrected chi connectivity index (χ1v) is 15.6. The number of rotatable bonds is 7. The molecule has 0 aromatic heterocycles. The minimum Gasteiger partial charge on any atom is -0.207 e. The van der Waals surface area contributed by atoms with Crippen LogP contribution in [0.1, 0.15) is 22.3 Å². The molecule has 0 nitrogen and oxygen atoms in total. The molecule has 0 aliphatic heterocycles. The van der Waals surface area contributed by atoms with Crippen LogP contribution in [-0.2, 0) is 5.41 Å². The maximum Gasteiger partial charge on any atom is 0.127 e. The molecule has 0 saturated carbocycles. The van der Waals surface area contributed by atoms with Crippen molar-refractivity contribution in [2.45, 2.75) is 5.41 Å². The summed E-state index contributed by atoms with van der Waals surface area (Å²) in [6, 6.07) is 36.5. The van der Waals surface area contributed by atoms with Gasteiger partial charge in [0.1, 0.15) is 40.7 Å². The first-order chi connectivity index (χ1) is 24.1. The van der Waals surface area contributed by atoms with Gasteiger partial charge in [-0.25, -0.2) is 30.7 Å². The maximum absolute atomic E-state index is 16.2. The van der Waals surface area contributed by atoms with Crippen LogP contribution >= 0.6 is 0 Å². The molecule has 0 bridgehead atoms. The van der Waals surface area contributed by atoms with Gasteiger partial charge in [0.05, 0.1) is 5.41 Å². The van der Waals surface area contributed by atoms with Crippen LogP contribution in [0, 0.1) is 40.7 Å². The van der Waals surface area contributed by atoms with Crippen LogP contribution in [0.25, 0.3) is 33.4 Å². The van der Waals surface area contributed by atoms with Gasteiger partial charge in [0, 0.05) is 23.8 Å². The fourth-order valence-corrected chi connectivity index (χ4v) is 6.63. The Balaban J connectivity index is 1.46. The minimum absolute atomic E-state index is 0.263. The van der Waals surface area contributed by atoms with Gasteiger partial charge in [0.25, 0.3) is 0 Å². The Hall–Kier alpha value is -5.95. The SMILES string of the molecule is Fc1cc(F)cc(-c2ccc(C(c3ccc(-c4cc(F)cc(F)c4)cc3)(c3ccc(-c4cc(F)cc(F)c4)cc3)c3ccccc3F)cc2)c1. The van der Waals surface area contributed by atoms with E-state index in [1.165, 1.54) is 42.5 Å². The summed E-state index contributed by atoms with van der Waals surface area (Å²) in [7, 11) is 0. The van der Waals surface area contributed by atoms with Gasteiger partial charge in [-0.3, -0.25) is 0 Å². The molecule has 7 heteroatoms. The summed E-state index contributed by atoms with van der Waals surface area (Å²) in [6.07, 6.45) is 0. The smallest absolute Gasteiger partial charge is 0.127 e. The van der Waals surface area contributed by atoms with Crippen molar-refractivity contribution in [2.75, 3.05) is 0 Å². The maximum atomic E-state index is 16.2. The highest BCUT2D eigenvalue weighted by molar-refractivity contribution is 5.71. The standard InChI is InChI=1S/C43H25F7/c44-35-17-29(18-36(45)23-35)26-5-11-32(12-6-26)43(41-3-1-2-4-42(41)50,33-13-7-27(8-14-33)30-19-37(46)24-38(47)20-30)34-15-9-28(10-16-34)31-21-39(48)25-40(49)22-31/h1-25H. The van der Waals surface area contributed by atoms with Crippen LogP contribution in [0.5, 0.6) is 0 Å². The lowest BCUT2D eigenvalue weighted by atomic mass is 9.64. The molecule has 246 valence electrons. The van der Waals surface area contributed by atoms with Crippen LogP contribution < -0.4 is 0 Å². The van der Waals surface area contributed by atoms with Crippen LogP contribution in [0.4, 0.5) is 30.7 Å². The minimum atomic E-state index is -1.37. The second kappa shape index (κ2) is 13.2. The molecular weight excluding hydrogens is 649 g/mol. The third-order valence-electron chi connectivity index (χ3n) is 8.82. The molecule has 0 unspecified atom stereocenters. The molecule has 0 atom stereocenters.